The molecule has 0 unspecified atom stereocenters. The molecule has 0 bridgehead atoms. The predicted octanol–water partition coefficient (Wildman–Crippen LogP) is 4.08. The van der Waals surface area contributed by atoms with Crippen molar-refractivity contribution in [2.45, 2.75) is 135 Å². The van der Waals surface area contributed by atoms with Gasteiger partial charge < -0.3 is 34.6 Å². The van der Waals surface area contributed by atoms with E-state index in [0.717, 1.165) is 4.90 Å². The minimum atomic E-state index is -5.27. The van der Waals surface area contributed by atoms with E-state index in [1.54, 1.807) is 65.9 Å². The summed E-state index contributed by atoms with van der Waals surface area (Å²) in [5, 5.41) is 20.9. The molecule has 0 aromatic heterocycles. The highest BCUT2D eigenvalue weighted by molar-refractivity contribution is 5.99. The second-order valence-electron chi connectivity index (χ2n) is 14.1. The Kier molecular flexibility index (Phi) is 13.7. The Hall–Kier alpha value is -3.89. The van der Waals surface area contributed by atoms with Crippen LogP contribution < -0.4 is 5.32 Å². The molecule has 1 heterocycles. The maximum absolute atomic E-state index is 13.3. The van der Waals surface area contributed by atoms with Gasteiger partial charge >= 0.3 is 36.2 Å². The van der Waals surface area contributed by atoms with Crippen LogP contribution in [0.4, 0.5) is 22.8 Å². The minimum Gasteiger partial charge on any atom is -0.480 e. The van der Waals surface area contributed by atoms with Crippen LogP contribution >= 0.6 is 0 Å². The molecule has 4 amide bonds. The topological polar surface area (TPSA) is 189 Å². The molecule has 1 aliphatic heterocycles. The molecular formula is C32H48F3N3O11. The molecule has 0 spiro atoms. The number of nitrogens with zero attached hydrogens (tertiary/aromatic N) is 2. The van der Waals surface area contributed by atoms with Crippen molar-refractivity contribution in [1.82, 2.24) is 15.1 Å². The van der Waals surface area contributed by atoms with Crippen LogP contribution in [0.5, 0.6) is 0 Å². The molecule has 2 rings (SSSR count). The van der Waals surface area contributed by atoms with Crippen molar-refractivity contribution in [2.75, 3.05) is 13.2 Å². The maximum Gasteiger partial charge on any atom is 0.471 e. The standard InChI is InChI=1S/C32H48F3N3O11/c1-8-47-26(44)31(38(27(45)48-29(2,3)4)28(46)49-30(5,6)7)17-19(31)14-12-10-9-11-13-15-21(36-25(43)32(33,34)35)23(40)37-18-20(39)16-22(37)24(41)42/h12,14,19-22,39H,8-11,13,15-18H2,1-7H3,(H,36,43)(H,41,42)/b14-12-/t19-,20-,21+,22+,31-/m1/s1. The van der Waals surface area contributed by atoms with Gasteiger partial charge in [-0.15, -0.1) is 0 Å². The van der Waals surface area contributed by atoms with Crippen LogP contribution in [-0.4, -0.2) is 110 Å². The number of unbranched alkanes of at least 4 members (excludes halogenated alkanes) is 3. The number of ether oxygens (including phenoxy) is 3. The Morgan fingerprint density at radius 1 is 0.980 bits per heavy atom. The van der Waals surface area contributed by atoms with E-state index in [9.17, 15) is 52.2 Å². The average molecular weight is 708 g/mol. The number of aliphatic hydroxyl groups is 1. The smallest absolute Gasteiger partial charge is 0.471 e. The number of carboxylic acid groups (broad SMARTS) is 1. The summed E-state index contributed by atoms with van der Waals surface area (Å²) in [6.45, 7) is 10.8. The van der Waals surface area contributed by atoms with E-state index in [-0.39, 0.29) is 32.3 Å². The third kappa shape index (κ3) is 11.6. The van der Waals surface area contributed by atoms with Crippen molar-refractivity contribution < 1.29 is 66.4 Å². The Morgan fingerprint density at radius 3 is 2.04 bits per heavy atom. The van der Waals surface area contributed by atoms with Crippen molar-refractivity contribution in [3.63, 3.8) is 0 Å². The van der Waals surface area contributed by atoms with Crippen molar-refractivity contribution in [3.05, 3.63) is 12.2 Å². The largest absolute Gasteiger partial charge is 0.480 e. The number of allylic oxidation sites excluding steroid dienone is 1. The van der Waals surface area contributed by atoms with Crippen LogP contribution in [0.3, 0.4) is 0 Å². The first kappa shape index (κ1) is 41.3. The summed E-state index contributed by atoms with van der Waals surface area (Å²) in [6.07, 6.45) is -4.28. The molecule has 2 fully saturated rings. The van der Waals surface area contributed by atoms with E-state index in [1.165, 1.54) is 0 Å². The van der Waals surface area contributed by atoms with Crippen LogP contribution in [0.2, 0.25) is 0 Å². The molecule has 0 aromatic rings. The Morgan fingerprint density at radius 2 is 1.55 bits per heavy atom. The second-order valence-corrected chi connectivity index (χ2v) is 14.1. The van der Waals surface area contributed by atoms with Gasteiger partial charge in [0, 0.05) is 18.9 Å². The summed E-state index contributed by atoms with van der Waals surface area (Å²) < 4.78 is 55.1. The SMILES string of the molecule is CCOC(=O)[C@@]1(N(C(=O)OC(C)(C)C)C(=O)OC(C)(C)C)C[C@H]1/C=C\CCCCC[C@H](NC(=O)C(F)(F)F)C(=O)N1C[C@H](O)C[C@H]1C(=O)O. The first-order chi connectivity index (χ1) is 22.4. The number of alkyl halides is 3. The first-order valence-corrected chi connectivity index (χ1v) is 16.1. The van der Waals surface area contributed by atoms with Crippen LogP contribution in [0, 0.1) is 5.92 Å². The van der Waals surface area contributed by atoms with E-state index in [4.69, 9.17) is 14.2 Å². The van der Waals surface area contributed by atoms with Crippen molar-refractivity contribution in [3.8, 4) is 0 Å². The highest BCUT2D eigenvalue weighted by Gasteiger charge is 2.69. The molecule has 0 aromatic carbocycles. The lowest BCUT2D eigenvalue weighted by atomic mass is 10.0. The number of carbonyl (C=O) groups excluding carboxylic acids is 5. The number of aliphatic hydroxyl groups excluding tert-OH is 1. The molecular weight excluding hydrogens is 659 g/mol. The van der Waals surface area contributed by atoms with Crippen molar-refractivity contribution in [1.29, 1.82) is 0 Å². The summed E-state index contributed by atoms with van der Waals surface area (Å²) >= 11 is 0. The van der Waals surface area contributed by atoms with Gasteiger partial charge in [-0.25, -0.2) is 19.2 Å². The van der Waals surface area contributed by atoms with E-state index in [1.807, 2.05) is 0 Å². The van der Waals surface area contributed by atoms with E-state index in [2.05, 4.69) is 0 Å². The third-order valence-corrected chi connectivity index (χ3v) is 7.60. The molecule has 3 N–H and O–H groups in total. The lowest BCUT2D eigenvalue weighted by Crippen LogP contribution is -2.55. The predicted molar refractivity (Wildman–Crippen MR) is 166 cm³/mol. The van der Waals surface area contributed by atoms with Gasteiger partial charge in [0.1, 0.15) is 23.3 Å². The van der Waals surface area contributed by atoms with Crippen LogP contribution in [0.1, 0.15) is 93.4 Å². The average Bonchev–Trinajstić information content (AvgIpc) is 3.50. The number of hydrogen-bond donors (Lipinski definition) is 3. The molecule has 1 saturated carbocycles. The van der Waals surface area contributed by atoms with Crippen LogP contribution in [0.15, 0.2) is 12.2 Å². The molecule has 1 aliphatic carbocycles. The van der Waals surface area contributed by atoms with Crippen LogP contribution in [-0.2, 0) is 33.4 Å². The number of imide groups is 1. The monoisotopic (exact) mass is 707 g/mol. The summed E-state index contributed by atoms with van der Waals surface area (Å²) in [5.74, 6) is -6.26. The number of halogens is 3. The van der Waals surface area contributed by atoms with Gasteiger partial charge in [0.15, 0.2) is 5.54 Å². The summed E-state index contributed by atoms with van der Waals surface area (Å²) in [5.41, 5.74) is -3.71. The minimum absolute atomic E-state index is 0.0181. The number of hydrogen-bond acceptors (Lipinski definition) is 10. The van der Waals surface area contributed by atoms with Gasteiger partial charge in [0.05, 0.1) is 12.7 Å². The number of aliphatic carboxylic acids is 1. The van der Waals surface area contributed by atoms with E-state index < -0.39 is 89.5 Å². The number of likely N-dealkylation sites (tertiary alicyclic amines) is 1. The Bertz CT molecular complexity index is 1250. The second kappa shape index (κ2) is 16.2. The van der Waals surface area contributed by atoms with Gasteiger partial charge in [-0.05, 0) is 74.1 Å². The zero-order valence-electron chi connectivity index (χ0n) is 28.9. The van der Waals surface area contributed by atoms with Gasteiger partial charge in [-0.2, -0.15) is 18.1 Å². The zero-order chi connectivity index (χ0) is 37.5. The molecule has 49 heavy (non-hydrogen) atoms. The molecule has 17 heteroatoms. The number of β-amino-alcohol motifs (C(OH)–C–C–N with tert-alkyl or cyclic N) is 1. The van der Waals surface area contributed by atoms with E-state index in [0.29, 0.717) is 24.2 Å². The van der Waals surface area contributed by atoms with Gasteiger partial charge in [-0.3, -0.25) is 9.59 Å². The normalized spacial score (nSPS) is 23.1. The number of amides is 4. The quantitative estimate of drug-likeness (QED) is 0.108. The number of carboxylic acids is 1. The summed E-state index contributed by atoms with van der Waals surface area (Å²) in [6, 6.07) is -3.11. The fraction of sp³-hybridized carbons (Fsp3) is 0.750. The fourth-order valence-corrected chi connectivity index (χ4v) is 5.40. The molecule has 1 saturated heterocycles. The van der Waals surface area contributed by atoms with Crippen molar-refractivity contribution >= 4 is 35.9 Å². The lowest BCUT2D eigenvalue weighted by Gasteiger charge is -2.33. The zero-order valence-corrected chi connectivity index (χ0v) is 28.9. The lowest BCUT2D eigenvalue weighted by molar-refractivity contribution is -0.175. The number of nitrogens with one attached hydrogen (secondary N) is 1. The van der Waals surface area contributed by atoms with Gasteiger partial charge in [0.2, 0.25) is 5.91 Å². The fourth-order valence-electron chi connectivity index (χ4n) is 5.40. The van der Waals surface area contributed by atoms with Crippen LogP contribution in [0.25, 0.3) is 0 Å². The van der Waals surface area contributed by atoms with E-state index >= 15 is 0 Å². The Labute approximate surface area is 283 Å². The van der Waals surface area contributed by atoms with Crippen molar-refractivity contribution in [2.24, 2.45) is 5.92 Å². The molecule has 14 nitrogen and oxygen atoms in total. The van der Waals surface area contributed by atoms with Gasteiger partial charge in [0.25, 0.3) is 0 Å². The first-order valence-electron chi connectivity index (χ1n) is 16.1. The number of rotatable bonds is 13. The highest BCUT2D eigenvalue weighted by atomic mass is 19.4. The molecule has 278 valence electrons. The molecule has 2 aliphatic rings. The molecule has 5 atom stereocenters. The number of carbonyl (C=O) groups is 6. The Balaban J connectivity index is 2.12. The number of esters is 1. The summed E-state index contributed by atoms with van der Waals surface area (Å²) in [7, 11) is 0. The maximum atomic E-state index is 13.3. The molecule has 0 radical (unpaired) electrons. The highest BCUT2D eigenvalue weighted by Crippen LogP contribution is 2.51. The third-order valence-electron chi connectivity index (χ3n) is 7.60. The van der Waals surface area contributed by atoms with Gasteiger partial charge in [-0.1, -0.05) is 25.0 Å². The summed E-state index contributed by atoms with van der Waals surface area (Å²) in [4.78, 5) is 77.4.